The van der Waals surface area contributed by atoms with Gasteiger partial charge in [0.05, 0.1) is 13.5 Å². The van der Waals surface area contributed by atoms with Gasteiger partial charge in [0.2, 0.25) is 5.91 Å². The van der Waals surface area contributed by atoms with Crippen LogP contribution in [0.5, 0.6) is 0 Å². The normalized spacial score (nSPS) is 12.6. The summed E-state index contributed by atoms with van der Waals surface area (Å²) in [7, 11) is 0. The molecule has 0 aliphatic heterocycles. The van der Waals surface area contributed by atoms with Gasteiger partial charge < -0.3 is 5.32 Å². The highest BCUT2D eigenvalue weighted by atomic mass is 79.9. The molecule has 1 atom stereocenters. The molecule has 1 N–H and O–H groups in total. The first-order valence-corrected chi connectivity index (χ1v) is 6.35. The Morgan fingerprint density at radius 3 is 2.79 bits per heavy atom. The van der Waals surface area contributed by atoms with Gasteiger partial charge in [-0.25, -0.2) is 0 Å². The summed E-state index contributed by atoms with van der Waals surface area (Å²) in [4.78, 5) is 11.0. The molecule has 0 spiro atoms. The third-order valence-electron chi connectivity index (χ3n) is 1.54. The van der Waals surface area contributed by atoms with Gasteiger partial charge in [-0.15, -0.1) is 11.3 Å². The fourth-order valence-corrected chi connectivity index (χ4v) is 2.47. The van der Waals surface area contributed by atoms with Crippen molar-refractivity contribution in [2.24, 2.45) is 0 Å². The van der Waals surface area contributed by atoms with E-state index in [0.29, 0.717) is 15.2 Å². The van der Waals surface area contributed by atoms with Gasteiger partial charge in [-0.2, -0.15) is 0 Å². The molecule has 6 heteroatoms. The van der Waals surface area contributed by atoms with Crippen LogP contribution in [0.3, 0.4) is 0 Å². The molecule has 0 saturated carbocycles. The molecule has 1 aromatic heterocycles. The van der Waals surface area contributed by atoms with Gasteiger partial charge in [0.25, 0.3) is 0 Å². The molecule has 0 radical (unpaired) electrons. The number of nitrogens with one attached hydrogen (secondary N) is 1. The maximum absolute atomic E-state index is 11.2. The molecule has 1 heterocycles. The Kier molecular flexibility index (Phi) is 4.70. The number of carbonyl (C=O) groups excluding carboxylic acids is 1. The highest BCUT2D eigenvalue weighted by molar-refractivity contribution is 9.10. The lowest BCUT2D eigenvalue weighted by atomic mass is 10.3. The van der Waals surface area contributed by atoms with Crippen LogP contribution in [0.1, 0.15) is 12.5 Å². The average molecular weight is 317 g/mol. The molecule has 0 aliphatic carbocycles. The van der Waals surface area contributed by atoms with Crippen molar-refractivity contribution < 1.29 is 4.79 Å². The van der Waals surface area contributed by atoms with Gasteiger partial charge in [0.15, 0.2) is 0 Å². The van der Waals surface area contributed by atoms with E-state index in [1.165, 1.54) is 11.3 Å². The standard InChI is InChI=1S/C8H8BrCl2NOS/c1-4(9)8(13)12-3-5-2-6(10)14-7(5)11/h2,4H,3H2,1H3,(H,12,13). The summed E-state index contributed by atoms with van der Waals surface area (Å²) in [6, 6.07) is 1.76. The topological polar surface area (TPSA) is 29.1 Å². The number of hydrogen-bond donors (Lipinski definition) is 1. The van der Waals surface area contributed by atoms with Crippen molar-refractivity contribution in [3.8, 4) is 0 Å². The Bertz CT molecular complexity index is 340. The van der Waals surface area contributed by atoms with Crippen molar-refractivity contribution >= 4 is 56.4 Å². The zero-order valence-corrected chi connectivity index (χ0v) is 11.2. The van der Waals surface area contributed by atoms with Gasteiger partial charge in [0.1, 0.15) is 0 Å². The minimum atomic E-state index is -0.199. The van der Waals surface area contributed by atoms with Crippen LogP contribution in [-0.4, -0.2) is 10.7 Å². The van der Waals surface area contributed by atoms with E-state index >= 15 is 0 Å². The van der Waals surface area contributed by atoms with Gasteiger partial charge in [-0.1, -0.05) is 39.1 Å². The van der Waals surface area contributed by atoms with E-state index in [9.17, 15) is 4.79 Å². The Balaban J connectivity index is 2.54. The van der Waals surface area contributed by atoms with Crippen LogP contribution >= 0.6 is 50.5 Å². The minimum absolute atomic E-state index is 0.0663. The van der Waals surface area contributed by atoms with Crippen LogP contribution in [0.2, 0.25) is 8.67 Å². The second kappa shape index (κ2) is 5.35. The van der Waals surface area contributed by atoms with Crippen LogP contribution in [0, 0.1) is 0 Å². The maximum Gasteiger partial charge on any atom is 0.233 e. The number of hydrogen-bond acceptors (Lipinski definition) is 2. The number of alkyl halides is 1. The average Bonchev–Trinajstić information content (AvgIpc) is 2.40. The van der Waals surface area contributed by atoms with Crippen LogP contribution in [0.25, 0.3) is 0 Å². The monoisotopic (exact) mass is 315 g/mol. The second-order valence-electron chi connectivity index (χ2n) is 2.68. The summed E-state index contributed by atoms with van der Waals surface area (Å²) in [5.74, 6) is -0.0663. The number of thiophene rings is 1. The first-order chi connectivity index (χ1) is 6.50. The van der Waals surface area contributed by atoms with Crippen molar-refractivity contribution in [2.75, 3.05) is 0 Å². The molecule has 1 unspecified atom stereocenters. The van der Waals surface area contributed by atoms with Crippen LogP contribution in [-0.2, 0) is 11.3 Å². The van der Waals surface area contributed by atoms with E-state index in [1.54, 1.807) is 13.0 Å². The molecule has 0 saturated heterocycles. The van der Waals surface area contributed by atoms with E-state index in [-0.39, 0.29) is 10.7 Å². The number of halogens is 3. The summed E-state index contributed by atoms with van der Waals surface area (Å²) in [5.41, 5.74) is 0.850. The summed E-state index contributed by atoms with van der Waals surface area (Å²) in [6.45, 7) is 2.17. The molecule has 2 nitrogen and oxygen atoms in total. The molecule has 0 fully saturated rings. The van der Waals surface area contributed by atoms with Crippen molar-refractivity contribution in [1.82, 2.24) is 5.32 Å². The van der Waals surface area contributed by atoms with Gasteiger partial charge >= 0.3 is 0 Å². The van der Waals surface area contributed by atoms with Crippen molar-refractivity contribution in [3.05, 3.63) is 20.3 Å². The fraction of sp³-hybridized carbons (Fsp3) is 0.375. The zero-order valence-electron chi connectivity index (χ0n) is 7.31. The van der Waals surface area contributed by atoms with Crippen LogP contribution < -0.4 is 5.32 Å². The first-order valence-electron chi connectivity index (χ1n) is 3.86. The summed E-state index contributed by atoms with van der Waals surface area (Å²) < 4.78 is 1.25. The van der Waals surface area contributed by atoms with E-state index < -0.39 is 0 Å². The minimum Gasteiger partial charge on any atom is -0.351 e. The van der Waals surface area contributed by atoms with E-state index in [0.717, 1.165) is 5.56 Å². The predicted molar refractivity (Wildman–Crippen MR) is 64.6 cm³/mol. The molecule has 0 aliphatic rings. The Morgan fingerprint density at radius 2 is 2.36 bits per heavy atom. The maximum atomic E-state index is 11.2. The fourth-order valence-electron chi connectivity index (χ4n) is 0.818. The SMILES string of the molecule is CC(Br)C(=O)NCc1cc(Cl)sc1Cl. The smallest absolute Gasteiger partial charge is 0.233 e. The second-order valence-corrected chi connectivity index (χ2v) is 6.34. The third kappa shape index (κ3) is 3.42. The number of rotatable bonds is 3. The van der Waals surface area contributed by atoms with E-state index in [2.05, 4.69) is 21.2 Å². The van der Waals surface area contributed by atoms with Crippen molar-refractivity contribution in [2.45, 2.75) is 18.3 Å². The van der Waals surface area contributed by atoms with Crippen LogP contribution in [0.4, 0.5) is 0 Å². The van der Waals surface area contributed by atoms with Gasteiger partial charge in [0, 0.05) is 12.1 Å². The quantitative estimate of drug-likeness (QED) is 0.850. The van der Waals surface area contributed by atoms with Gasteiger partial charge in [-0.05, 0) is 13.0 Å². The molecule has 1 rings (SSSR count). The number of carbonyl (C=O) groups is 1. The highest BCUT2D eigenvalue weighted by Crippen LogP contribution is 2.30. The molecule has 0 aromatic carbocycles. The third-order valence-corrected chi connectivity index (χ3v) is 3.53. The molecule has 78 valence electrons. The molecule has 1 aromatic rings. The Hall–Kier alpha value is 0.230. The largest absolute Gasteiger partial charge is 0.351 e. The highest BCUT2D eigenvalue weighted by Gasteiger charge is 2.10. The van der Waals surface area contributed by atoms with Crippen molar-refractivity contribution in [1.29, 1.82) is 0 Å². The van der Waals surface area contributed by atoms with Gasteiger partial charge in [-0.3, -0.25) is 4.79 Å². The molecule has 1 amide bonds. The lowest BCUT2D eigenvalue weighted by Crippen LogP contribution is -2.28. The molecular formula is C8H8BrCl2NOS. The van der Waals surface area contributed by atoms with Crippen molar-refractivity contribution in [3.63, 3.8) is 0 Å². The summed E-state index contributed by atoms with van der Waals surface area (Å²) >= 11 is 16.1. The van der Waals surface area contributed by atoms with Crippen LogP contribution in [0.15, 0.2) is 6.07 Å². The predicted octanol–water partition coefficient (Wildman–Crippen LogP) is 3.45. The zero-order chi connectivity index (χ0) is 10.7. The lowest BCUT2D eigenvalue weighted by Gasteiger charge is -2.05. The lowest BCUT2D eigenvalue weighted by molar-refractivity contribution is -0.120. The van der Waals surface area contributed by atoms with E-state index in [4.69, 9.17) is 23.2 Å². The summed E-state index contributed by atoms with van der Waals surface area (Å²) in [5, 5.41) is 2.73. The summed E-state index contributed by atoms with van der Waals surface area (Å²) in [6.07, 6.45) is 0. The molecular weight excluding hydrogens is 309 g/mol. The molecule has 0 bridgehead atoms. The first kappa shape index (κ1) is 12.3. The Morgan fingerprint density at radius 1 is 1.71 bits per heavy atom. The number of amides is 1. The molecule has 14 heavy (non-hydrogen) atoms. The Labute approximate surface area is 105 Å². The van der Waals surface area contributed by atoms with E-state index in [1.807, 2.05) is 0 Å².